The first-order chi connectivity index (χ1) is 20.2. The minimum atomic E-state index is -4.88. The summed E-state index contributed by atoms with van der Waals surface area (Å²) in [6, 6.07) is 15.9. The third kappa shape index (κ3) is 8.51. The Labute approximate surface area is 255 Å². The third-order valence-corrected chi connectivity index (χ3v) is 9.13. The average Bonchev–Trinajstić information content (AvgIpc) is 2.96. The van der Waals surface area contributed by atoms with E-state index in [1.54, 1.807) is 25.1 Å². The Bertz CT molecular complexity index is 1520. The number of benzene rings is 3. The number of halogens is 4. The summed E-state index contributed by atoms with van der Waals surface area (Å²) in [5.41, 5.74) is 0.0214. The molecule has 232 valence electrons. The maximum Gasteiger partial charge on any atom is 0.417 e. The highest BCUT2D eigenvalue weighted by Crippen LogP contribution is 2.38. The van der Waals surface area contributed by atoms with Crippen LogP contribution < -0.4 is 9.62 Å². The number of rotatable bonds is 12. The van der Waals surface area contributed by atoms with Gasteiger partial charge in [-0.05, 0) is 62.6 Å². The van der Waals surface area contributed by atoms with E-state index in [0.29, 0.717) is 22.4 Å². The second kappa shape index (κ2) is 14.3. The largest absolute Gasteiger partial charge is 0.417 e. The van der Waals surface area contributed by atoms with Crippen molar-refractivity contribution in [1.82, 2.24) is 10.2 Å². The number of hydrogen-bond donors (Lipinski definition) is 1. The van der Waals surface area contributed by atoms with Crippen molar-refractivity contribution in [3.05, 3.63) is 94.5 Å². The first-order valence-electron chi connectivity index (χ1n) is 13.8. The van der Waals surface area contributed by atoms with Crippen LogP contribution in [-0.4, -0.2) is 43.8 Å². The fraction of sp³-hybridized carbons (Fsp3) is 0.355. The molecule has 0 saturated carbocycles. The summed E-state index contributed by atoms with van der Waals surface area (Å²) in [4.78, 5) is 28.5. The molecular formula is C31H35ClF3N3O4S. The predicted molar refractivity (Wildman–Crippen MR) is 161 cm³/mol. The smallest absolute Gasteiger partial charge is 0.352 e. The van der Waals surface area contributed by atoms with Gasteiger partial charge in [-0.15, -0.1) is 0 Å². The molecule has 0 heterocycles. The van der Waals surface area contributed by atoms with Crippen molar-refractivity contribution < 1.29 is 31.2 Å². The maximum atomic E-state index is 14.1. The van der Waals surface area contributed by atoms with Gasteiger partial charge in [0, 0.05) is 12.6 Å². The molecule has 0 aliphatic carbocycles. The number of aryl methyl sites for hydroxylation is 1. The summed E-state index contributed by atoms with van der Waals surface area (Å²) in [7, 11) is -4.54. The molecule has 0 bridgehead atoms. The standard InChI is InChI=1S/C31H35ClF3N3O4S/c1-5-22(4)36-30(40)28(6-2)37(19-23-14-12-21(3)13-15-23)29(39)20-38(43(41,42)25-10-8-7-9-11-25)24-16-17-27(32)26(18-24)31(33,34)35/h7-18,22,28H,5-6,19-20H2,1-4H3,(H,36,40)/t22-,28+/m1/s1. The van der Waals surface area contributed by atoms with Crippen LogP contribution in [0.25, 0.3) is 0 Å². The third-order valence-electron chi connectivity index (χ3n) is 7.01. The zero-order chi connectivity index (χ0) is 31.9. The van der Waals surface area contributed by atoms with E-state index < -0.39 is 56.9 Å². The van der Waals surface area contributed by atoms with Crippen LogP contribution in [-0.2, 0) is 32.3 Å². The summed E-state index contributed by atoms with van der Waals surface area (Å²) in [6.07, 6.45) is -4.02. The van der Waals surface area contributed by atoms with E-state index in [9.17, 15) is 31.2 Å². The van der Waals surface area contributed by atoms with Crippen molar-refractivity contribution in [1.29, 1.82) is 0 Å². The molecule has 3 aromatic rings. The SMILES string of the molecule is CC[C@@H](C)NC(=O)[C@H](CC)N(Cc1ccc(C)cc1)C(=O)CN(c1ccc(Cl)c(C(F)(F)F)c1)S(=O)(=O)c1ccccc1. The predicted octanol–water partition coefficient (Wildman–Crippen LogP) is 6.58. The summed E-state index contributed by atoms with van der Waals surface area (Å²) < 4.78 is 69.7. The lowest BCUT2D eigenvalue weighted by Crippen LogP contribution is -2.53. The van der Waals surface area contributed by atoms with Crippen molar-refractivity contribution in [2.24, 2.45) is 0 Å². The van der Waals surface area contributed by atoms with E-state index in [-0.39, 0.29) is 23.9 Å². The number of nitrogens with one attached hydrogen (secondary N) is 1. The molecule has 43 heavy (non-hydrogen) atoms. The van der Waals surface area contributed by atoms with Crippen LogP contribution >= 0.6 is 11.6 Å². The monoisotopic (exact) mass is 637 g/mol. The fourth-order valence-electron chi connectivity index (χ4n) is 4.38. The molecule has 0 fully saturated rings. The van der Waals surface area contributed by atoms with Crippen LogP contribution in [0.3, 0.4) is 0 Å². The van der Waals surface area contributed by atoms with Gasteiger partial charge in [-0.25, -0.2) is 8.42 Å². The van der Waals surface area contributed by atoms with Gasteiger partial charge in [-0.3, -0.25) is 13.9 Å². The summed E-state index contributed by atoms with van der Waals surface area (Å²) in [5, 5.41) is 2.26. The lowest BCUT2D eigenvalue weighted by atomic mass is 10.1. The van der Waals surface area contributed by atoms with Crippen LogP contribution in [0.5, 0.6) is 0 Å². The lowest BCUT2D eigenvalue weighted by Gasteiger charge is -2.34. The normalized spacial score (nSPS) is 13.2. The summed E-state index contributed by atoms with van der Waals surface area (Å²) in [5.74, 6) is -1.18. The molecule has 0 aliphatic heterocycles. The van der Waals surface area contributed by atoms with Crippen LogP contribution in [0.15, 0.2) is 77.7 Å². The number of amides is 2. The molecule has 3 rings (SSSR count). The number of hydrogen-bond acceptors (Lipinski definition) is 4. The number of alkyl halides is 3. The van der Waals surface area contributed by atoms with Crippen LogP contribution in [0.4, 0.5) is 18.9 Å². The lowest BCUT2D eigenvalue weighted by molar-refractivity contribution is -0.140. The summed E-state index contributed by atoms with van der Waals surface area (Å²) in [6.45, 7) is 6.45. The Kier molecular flexibility index (Phi) is 11.3. The van der Waals surface area contributed by atoms with Crippen molar-refractivity contribution in [2.45, 2.75) is 70.2 Å². The molecule has 1 N–H and O–H groups in total. The Balaban J connectivity index is 2.13. The highest BCUT2D eigenvalue weighted by Gasteiger charge is 2.37. The van der Waals surface area contributed by atoms with Gasteiger partial charge in [0.25, 0.3) is 10.0 Å². The molecule has 3 aromatic carbocycles. The van der Waals surface area contributed by atoms with Crippen LogP contribution in [0.1, 0.15) is 50.3 Å². The number of nitrogens with zero attached hydrogens (tertiary/aromatic N) is 2. The second-order valence-electron chi connectivity index (χ2n) is 10.2. The molecule has 2 amide bonds. The van der Waals surface area contributed by atoms with Gasteiger partial charge >= 0.3 is 6.18 Å². The van der Waals surface area contributed by atoms with Gasteiger partial charge in [0.2, 0.25) is 11.8 Å². The zero-order valence-electron chi connectivity index (χ0n) is 24.4. The number of carbonyl (C=O) groups excluding carboxylic acids is 2. The van der Waals surface area contributed by atoms with Crippen molar-refractivity contribution in [3.8, 4) is 0 Å². The van der Waals surface area contributed by atoms with E-state index in [1.165, 1.54) is 29.2 Å². The minimum Gasteiger partial charge on any atom is -0.352 e. The number of sulfonamides is 1. The van der Waals surface area contributed by atoms with E-state index >= 15 is 0 Å². The van der Waals surface area contributed by atoms with Crippen LogP contribution in [0, 0.1) is 6.92 Å². The summed E-state index contributed by atoms with van der Waals surface area (Å²) >= 11 is 5.82. The fourth-order valence-corrected chi connectivity index (χ4v) is 6.04. The van der Waals surface area contributed by atoms with Crippen molar-refractivity contribution in [2.75, 3.05) is 10.8 Å². The highest BCUT2D eigenvalue weighted by molar-refractivity contribution is 7.92. The first kappa shape index (κ1) is 33.9. The minimum absolute atomic E-state index is 0.0286. The van der Waals surface area contributed by atoms with Gasteiger partial charge in [0.15, 0.2) is 0 Å². The maximum absolute atomic E-state index is 14.1. The van der Waals surface area contributed by atoms with Gasteiger partial charge in [-0.1, -0.05) is 73.5 Å². The van der Waals surface area contributed by atoms with Gasteiger partial charge in [0.1, 0.15) is 12.6 Å². The zero-order valence-corrected chi connectivity index (χ0v) is 25.9. The van der Waals surface area contributed by atoms with E-state index in [0.717, 1.165) is 17.7 Å². The molecule has 7 nitrogen and oxygen atoms in total. The quantitative estimate of drug-likeness (QED) is 0.243. The Morgan fingerprint density at radius 3 is 2.14 bits per heavy atom. The number of carbonyl (C=O) groups is 2. The highest BCUT2D eigenvalue weighted by atomic mass is 35.5. The van der Waals surface area contributed by atoms with E-state index in [1.807, 2.05) is 32.9 Å². The molecule has 12 heteroatoms. The van der Waals surface area contributed by atoms with Crippen molar-refractivity contribution >= 4 is 39.1 Å². The van der Waals surface area contributed by atoms with Gasteiger partial charge in [0.05, 0.1) is 21.2 Å². The number of anilines is 1. The van der Waals surface area contributed by atoms with Gasteiger partial charge < -0.3 is 10.2 Å². The van der Waals surface area contributed by atoms with E-state index in [2.05, 4.69) is 5.32 Å². The molecule has 0 spiro atoms. The molecule has 0 aliphatic rings. The molecular weight excluding hydrogens is 603 g/mol. The molecule has 0 unspecified atom stereocenters. The molecule has 0 saturated heterocycles. The Morgan fingerprint density at radius 2 is 1.58 bits per heavy atom. The van der Waals surface area contributed by atoms with Crippen molar-refractivity contribution in [3.63, 3.8) is 0 Å². The second-order valence-corrected chi connectivity index (χ2v) is 12.5. The van der Waals surface area contributed by atoms with Gasteiger partial charge in [-0.2, -0.15) is 13.2 Å². The molecule has 0 radical (unpaired) electrons. The first-order valence-corrected chi connectivity index (χ1v) is 15.6. The Hall–Kier alpha value is -3.57. The topological polar surface area (TPSA) is 86.8 Å². The Morgan fingerprint density at radius 1 is 0.953 bits per heavy atom. The van der Waals surface area contributed by atoms with Crippen LogP contribution in [0.2, 0.25) is 5.02 Å². The average molecular weight is 638 g/mol. The molecule has 2 atom stereocenters. The molecule has 0 aromatic heterocycles. The van der Waals surface area contributed by atoms with E-state index in [4.69, 9.17) is 11.6 Å².